The van der Waals surface area contributed by atoms with E-state index in [0.717, 1.165) is 30.5 Å². The highest BCUT2D eigenvalue weighted by molar-refractivity contribution is 5.93. The van der Waals surface area contributed by atoms with E-state index in [-0.39, 0.29) is 17.9 Å². The first-order valence-electron chi connectivity index (χ1n) is 7.31. The maximum Gasteiger partial charge on any atom is 0.269 e. The van der Waals surface area contributed by atoms with Crippen LogP contribution in [0.4, 0.5) is 0 Å². The lowest BCUT2D eigenvalue weighted by Gasteiger charge is -2.14. The Labute approximate surface area is 123 Å². The molecule has 21 heavy (non-hydrogen) atoms. The molecule has 0 spiro atoms. The molecule has 1 aliphatic carbocycles. The number of aromatic amines is 1. The van der Waals surface area contributed by atoms with Crippen LogP contribution in [0.2, 0.25) is 0 Å². The van der Waals surface area contributed by atoms with E-state index in [0.29, 0.717) is 12.2 Å². The van der Waals surface area contributed by atoms with Crippen molar-refractivity contribution in [2.24, 2.45) is 5.92 Å². The molecule has 3 rings (SSSR count). The summed E-state index contributed by atoms with van der Waals surface area (Å²) < 4.78 is 0. The molecular formula is C16H19N3O2. The highest BCUT2D eigenvalue weighted by Gasteiger charge is 2.25. The summed E-state index contributed by atoms with van der Waals surface area (Å²) in [5.74, 6) is -0.00533. The minimum absolute atomic E-state index is 0.172. The summed E-state index contributed by atoms with van der Waals surface area (Å²) in [6.45, 7) is 0.514. The number of aromatic nitrogens is 2. The molecule has 110 valence electrons. The molecule has 2 aromatic rings. The molecule has 0 bridgehead atoms. The lowest BCUT2D eigenvalue weighted by Crippen LogP contribution is -2.32. The molecular weight excluding hydrogens is 266 g/mol. The minimum atomic E-state index is -0.285. The molecule has 1 aromatic heterocycles. The number of carbonyl (C=O) groups is 1. The summed E-state index contributed by atoms with van der Waals surface area (Å²) in [6.07, 6.45) is 2.55. The molecule has 3 N–H and O–H groups in total. The van der Waals surface area contributed by atoms with Crippen LogP contribution >= 0.6 is 0 Å². The second-order valence-electron chi connectivity index (χ2n) is 5.50. The Kier molecular flexibility index (Phi) is 4.01. The third-order valence-electron chi connectivity index (χ3n) is 4.04. The van der Waals surface area contributed by atoms with Gasteiger partial charge < -0.3 is 10.4 Å². The number of nitrogens with one attached hydrogen (secondary N) is 2. The monoisotopic (exact) mass is 285 g/mol. The first-order chi connectivity index (χ1) is 10.2. The summed E-state index contributed by atoms with van der Waals surface area (Å²) in [7, 11) is 0. The third kappa shape index (κ3) is 3.13. The Balaban J connectivity index is 1.62. The fraction of sp³-hybridized carbons (Fsp3) is 0.375. The van der Waals surface area contributed by atoms with Gasteiger partial charge in [0.2, 0.25) is 0 Å². The molecule has 0 saturated heterocycles. The predicted octanol–water partition coefficient (Wildman–Crippen LogP) is 1.97. The lowest BCUT2D eigenvalue weighted by molar-refractivity contribution is 0.0912. The van der Waals surface area contributed by atoms with Crippen molar-refractivity contribution in [3.63, 3.8) is 0 Å². The van der Waals surface area contributed by atoms with Gasteiger partial charge in [0, 0.05) is 18.0 Å². The van der Waals surface area contributed by atoms with Crippen LogP contribution in [0.5, 0.6) is 0 Å². The number of rotatable bonds is 4. The fourth-order valence-corrected chi connectivity index (χ4v) is 2.77. The quantitative estimate of drug-likeness (QED) is 0.803. The van der Waals surface area contributed by atoms with Crippen molar-refractivity contribution in [3.05, 3.63) is 42.1 Å². The van der Waals surface area contributed by atoms with E-state index >= 15 is 0 Å². The minimum Gasteiger partial charge on any atom is -0.393 e. The summed E-state index contributed by atoms with van der Waals surface area (Å²) in [6, 6.07) is 11.5. The molecule has 1 saturated carbocycles. The van der Waals surface area contributed by atoms with E-state index < -0.39 is 0 Å². The van der Waals surface area contributed by atoms with Crippen LogP contribution in [0, 0.1) is 5.92 Å². The van der Waals surface area contributed by atoms with Gasteiger partial charge in [-0.15, -0.1) is 0 Å². The van der Waals surface area contributed by atoms with E-state index in [2.05, 4.69) is 15.5 Å². The summed E-state index contributed by atoms with van der Waals surface area (Å²) in [5.41, 5.74) is 2.17. The first-order valence-corrected chi connectivity index (χ1v) is 7.31. The van der Waals surface area contributed by atoms with Crippen molar-refractivity contribution in [1.82, 2.24) is 15.5 Å². The molecule has 2 unspecified atom stereocenters. The highest BCUT2D eigenvalue weighted by atomic mass is 16.3. The Morgan fingerprint density at radius 3 is 2.86 bits per heavy atom. The number of amides is 1. The van der Waals surface area contributed by atoms with Crippen LogP contribution in [0.25, 0.3) is 11.3 Å². The van der Waals surface area contributed by atoms with E-state index in [9.17, 15) is 9.90 Å². The Morgan fingerprint density at radius 1 is 1.33 bits per heavy atom. The van der Waals surface area contributed by atoms with Crippen LogP contribution in [0.1, 0.15) is 29.8 Å². The van der Waals surface area contributed by atoms with E-state index in [1.54, 1.807) is 6.07 Å². The number of H-pyrrole nitrogens is 1. The van der Waals surface area contributed by atoms with Gasteiger partial charge in [0.25, 0.3) is 5.91 Å². The molecule has 5 nitrogen and oxygen atoms in total. The number of aliphatic hydroxyl groups is 1. The van der Waals surface area contributed by atoms with E-state index in [1.807, 2.05) is 30.3 Å². The van der Waals surface area contributed by atoms with Crippen molar-refractivity contribution in [3.8, 4) is 11.3 Å². The number of benzene rings is 1. The Morgan fingerprint density at radius 2 is 2.14 bits per heavy atom. The van der Waals surface area contributed by atoms with Gasteiger partial charge in [0.1, 0.15) is 5.69 Å². The van der Waals surface area contributed by atoms with Gasteiger partial charge in [-0.3, -0.25) is 9.89 Å². The average Bonchev–Trinajstić information content (AvgIpc) is 3.15. The summed E-state index contributed by atoms with van der Waals surface area (Å²) in [4.78, 5) is 12.1. The highest BCUT2D eigenvalue weighted by Crippen LogP contribution is 2.24. The molecule has 1 heterocycles. The second kappa shape index (κ2) is 6.10. The standard InChI is InChI=1S/C16H19N3O2/c20-15-8-4-7-12(15)10-17-16(21)14-9-13(18-19-14)11-5-2-1-3-6-11/h1-3,5-6,9,12,15,20H,4,7-8,10H2,(H,17,21)(H,18,19). The van der Waals surface area contributed by atoms with Crippen LogP contribution in [-0.4, -0.2) is 33.9 Å². The molecule has 1 fully saturated rings. The number of hydrogen-bond donors (Lipinski definition) is 3. The zero-order valence-corrected chi connectivity index (χ0v) is 11.7. The maximum absolute atomic E-state index is 12.1. The topological polar surface area (TPSA) is 78.0 Å². The fourth-order valence-electron chi connectivity index (χ4n) is 2.77. The Hall–Kier alpha value is -2.14. The predicted molar refractivity (Wildman–Crippen MR) is 79.7 cm³/mol. The number of nitrogens with zero attached hydrogens (tertiary/aromatic N) is 1. The van der Waals surface area contributed by atoms with Gasteiger partial charge >= 0.3 is 0 Å². The van der Waals surface area contributed by atoms with Gasteiger partial charge in [-0.2, -0.15) is 5.10 Å². The van der Waals surface area contributed by atoms with Crippen molar-refractivity contribution >= 4 is 5.91 Å². The van der Waals surface area contributed by atoms with Gasteiger partial charge in [0.15, 0.2) is 0 Å². The number of carbonyl (C=O) groups excluding carboxylic acids is 1. The maximum atomic E-state index is 12.1. The van der Waals surface area contributed by atoms with Crippen LogP contribution in [-0.2, 0) is 0 Å². The van der Waals surface area contributed by atoms with Gasteiger partial charge in [-0.1, -0.05) is 36.8 Å². The molecule has 2 atom stereocenters. The molecule has 0 aliphatic heterocycles. The SMILES string of the molecule is O=C(NCC1CCCC1O)c1cc(-c2ccccc2)n[nH]1. The zero-order valence-electron chi connectivity index (χ0n) is 11.7. The molecule has 1 aromatic carbocycles. The smallest absolute Gasteiger partial charge is 0.269 e. The number of hydrogen-bond acceptors (Lipinski definition) is 3. The van der Waals surface area contributed by atoms with Crippen LogP contribution < -0.4 is 5.32 Å². The lowest BCUT2D eigenvalue weighted by atomic mass is 10.1. The van der Waals surface area contributed by atoms with Crippen molar-refractivity contribution < 1.29 is 9.90 Å². The van der Waals surface area contributed by atoms with Crippen molar-refractivity contribution in [2.75, 3.05) is 6.54 Å². The number of aliphatic hydroxyl groups excluding tert-OH is 1. The largest absolute Gasteiger partial charge is 0.393 e. The van der Waals surface area contributed by atoms with Crippen LogP contribution in [0.15, 0.2) is 36.4 Å². The van der Waals surface area contributed by atoms with Gasteiger partial charge in [-0.25, -0.2) is 0 Å². The van der Waals surface area contributed by atoms with Crippen LogP contribution in [0.3, 0.4) is 0 Å². The molecule has 0 radical (unpaired) electrons. The third-order valence-corrected chi connectivity index (χ3v) is 4.04. The van der Waals surface area contributed by atoms with E-state index in [1.165, 1.54) is 0 Å². The van der Waals surface area contributed by atoms with Crippen molar-refractivity contribution in [1.29, 1.82) is 0 Å². The molecule has 5 heteroatoms. The second-order valence-corrected chi connectivity index (χ2v) is 5.50. The van der Waals surface area contributed by atoms with Gasteiger partial charge in [0.05, 0.1) is 11.8 Å². The Bertz CT molecular complexity index is 609. The summed E-state index contributed by atoms with van der Waals surface area (Å²) >= 11 is 0. The van der Waals surface area contributed by atoms with Crippen molar-refractivity contribution in [2.45, 2.75) is 25.4 Å². The zero-order chi connectivity index (χ0) is 14.7. The first kappa shape index (κ1) is 13.8. The van der Waals surface area contributed by atoms with E-state index in [4.69, 9.17) is 0 Å². The normalized spacial score (nSPS) is 21.4. The summed E-state index contributed by atoms with van der Waals surface area (Å²) in [5, 5.41) is 19.6. The molecule has 1 amide bonds. The molecule has 1 aliphatic rings. The average molecular weight is 285 g/mol. The van der Waals surface area contributed by atoms with Gasteiger partial charge in [-0.05, 0) is 18.9 Å².